The van der Waals surface area contributed by atoms with Crippen molar-refractivity contribution in [1.82, 2.24) is 5.32 Å². The van der Waals surface area contributed by atoms with Crippen molar-refractivity contribution in [2.45, 2.75) is 103 Å². The van der Waals surface area contributed by atoms with Crippen LogP contribution in [0.15, 0.2) is 24.3 Å². The summed E-state index contributed by atoms with van der Waals surface area (Å²) in [4.78, 5) is 11.8. The molecule has 0 saturated carbocycles. The first-order chi connectivity index (χ1) is 14.9. The summed E-state index contributed by atoms with van der Waals surface area (Å²) in [7, 11) is 0. The predicted molar refractivity (Wildman–Crippen MR) is 123 cm³/mol. The molecular formula is C25H41F3N2O. The summed E-state index contributed by atoms with van der Waals surface area (Å²) >= 11 is 0. The molecule has 0 aliphatic heterocycles. The molecular weight excluding hydrogens is 401 g/mol. The van der Waals surface area contributed by atoms with Gasteiger partial charge in [0.15, 0.2) is 0 Å². The van der Waals surface area contributed by atoms with E-state index >= 15 is 0 Å². The molecule has 3 nitrogen and oxygen atoms in total. The minimum absolute atomic E-state index is 0.0279. The van der Waals surface area contributed by atoms with Crippen LogP contribution in [0.2, 0.25) is 0 Å². The third kappa shape index (κ3) is 14.8. The first-order valence-corrected chi connectivity index (χ1v) is 12.1. The van der Waals surface area contributed by atoms with Gasteiger partial charge in [-0.1, -0.05) is 96.5 Å². The number of anilines is 1. The van der Waals surface area contributed by atoms with Gasteiger partial charge in [-0.15, -0.1) is 0 Å². The van der Waals surface area contributed by atoms with Crippen molar-refractivity contribution in [1.29, 1.82) is 0 Å². The molecule has 0 aliphatic carbocycles. The van der Waals surface area contributed by atoms with Gasteiger partial charge in [0.25, 0.3) is 0 Å². The van der Waals surface area contributed by atoms with E-state index < -0.39 is 11.7 Å². The highest BCUT2D eigenvalue weighted by atomic mass is 19.4. The Balaban J connectivity index is 1.92. The van der Waals surface area contributed by atoms with E-state index in [4.69, 9.17) is 0 Å². The molecule has 1 amide bonds. The largest absolute Gasteiger partial charge is 0.416 e. The van der Waals surface area contributed by atoms with Crippen molar-refractivity contribution in [2.75, 3.05) is 18.4 Å². The van der Waals surface area contributed by atoms with E-state index in [1.807, 2.05) is 0 Å². The third-order valence-electron chi connectivity index (χ3n) is 5.50. The summed E-state index contributed by atoms with van der Waals surface area (Å²) in [6.07, 6.45) is 13.7. The number of benzene rings is 1. The quantitative estimate of drug-likeness (QED) is 0.229. The van der Waals surface area contributed by atoms with Crippen molar-refractivity contribution in [3.05, 3.63) is 29.8 Å². The Hall–Kier alpha value is -1.72. The maximum absolute atomic E-state index is 12.7. The van der Waals surface area contributed by atoms with E-state index in [1.165, 1.54) is 89.2 Å². The summed E-state index contributed by atoms with van der Waals surface area (Å²) < 4.78 is 38.1. The fourth-order valence-electron chi connectivity index (χ4n) is 3.60. The van der Waals surface area contributed by atoms with Crippen LogP contribution < -0.4 is 10.6 Å². The summed E-state index contributed by atoms with van der Waals surface area (Å²) in [6, 6.07) is 4.88. The van der Waals surface area contributed by atoms with Gasteiger partial charge >= 0.3 is 6.18 Å². The third-order valence-corrected chi connectivity index (χ3v) is 5.50. The van der Waals surface area contributed by atoms with E-state index in [1.54, 1.807) is 0 Å². The van der Waals surface area contributed by atoms with Gasteiger partial charge in [-0.2, -0.15) is 13.2 Å². The van der Waals surface area contributed by atoms with Gasteiger partial charge in [0.1, 0.15) is 0 Å². The molecule has 2 N–H and O–H groups in total. The van der Waals surface area contributed by atoms with E-state index in [9.17, 15) is 18.0 Å². The van der Waals surface area contributed by atoms with Crippen molar-refractivity contribution in [2.24, 2.45) is 0 Å². The molecule has 31 heavy (non-hydrogen) atoms. The van der Waals surface area contributed by atoms with Crippen LogP contribution in [-0.4, -0.2) is 19.0 Å². The Kier molecular flexibility index (Phi) is 14.9. The van der Waals surface area contributed by atoms with E-state index in [0.29, 0.717) is 12.2 Å². The molecule has 0 saturated heterocycles. The smallest absolute Gasteiger partial charge is 0.376 e. The molecule has 0 fully saturated rings. The van der Waals surface area contributed by atoms with Crippen molar-refractivity contribution in [3.8, 4) is 0 Å². The number of carbonyl (C=O) groups excluding carboxylic acids is 1. The van der Waals surface area contributed by atoms with Crippen LogP contribution in [0.3, 0.4) is 0 Å². The number of carbonyl (C=O) groups is 1. The van der Waals surface area contributed by atoms with Crippen LogP contribution in [0.25, 0.3) is 0 Å². The molecule has 0 atom stereocenters. The SMILES string of the molecule is CCCCCCCCCCCCCCCCNC(=O)CNc1cccc(C(F)(F)F)c1. The minimum Gasteiger partial charge on any atom is -0.376 e. The van der Waals surface area contributed by atoms with Crippen LogP contribution in [0, 0.1) is 0 Å². The van der Waals surface area contributed by atoms with Crippen molar-refractivity contribution >= 4 is 11.6 Å². The lowest BCUT2D eigenvalue weighted by atomic mass is 10.0. The van der Waals surface area contributed by atoms with E-state index in [-0.39, 0.29) is 12.5 Å². The first-order valence-electron chi connectivity index (χ1n) is 12.1. The van der Waals surface area contributed by atoms with Crippen molar-refractivity contribution in [3.63, 3.8) is 0 Å². The lowest BCUT2D eigenvalue weighted by molar-refractivity contribution is -0.137. The number of rotatable bonds is 18. The van der Waals surface area contributed by atoms with Gasteiger partial charge in [-0.05, 0) is 24.6 Å². The van der Waals surface area contributed by atoms with Gasteiger partial charge in [0.2, 0.25) is 5.91 Å². The molecule has 1 aromatic rings. The van der Waals surface area contributed by atoms with Crippen LogP contribution in [0.4, 0.5) is 18.9 Å². The first kappa shape index (κ1) is 27.3. The monoisotopic (exact) mass is 442 g/mol. The summed E-state index contributed by atoms with van der Waals surface area (Å²) in [5.74, 6) is -0.202. The van der Waals surface area contributed by atoms with Crippen LogP contribution in [-0.2, 0) is 11.0 Å². The number of hydrogen-bond donors (Lipinski definition) is 2. The second-order valence-electron chi connectivity index (χ2n) is 8.38. The average Bonchev–Trinajstić information content (AvgIpc) is 2.74. The predicted octanol–water partition coefficient (Wildman–Crippen LogP) is 7.71. The normalized spacial score (nSPS) is 11.5. The van der Waals surface area contributed by atoms with Gasteiger partial charge in [0, 0.05) is 12.2 Å². The standard InChI is InChI=1S/C25H41F3N2O/c1-2-3-4-5-6-7-8-9-10-11-12-13-14-15-19-29-24(31)21-30-23-18-16-17-22(20-23)25(26,27)28/h16-18,20,30H,2-15,19,21H2,1H3,(H,29,31). The molecule has 0 bridgehead atoms. The van der Waals surface area contributed by atoms with Gasteiger partial charge < -0.3 is 10.6 Å². The summed E-state index contributed by atoms with van der Waals surface area (Å²) in [5.41, 5.74) is -0.429. The van der Waals surface area contributed by atoms with Crippen LogP contribution in [0.5, 0.6) is 0 Å². The number of halogens is 3. The Morgan fingerprint density at radius 3 is 1.84 bits per heavy atom. The minimum atomic E-state index is -4.38. The number of nitrogens with one attached hydrogen (secondary N) is 2. The Labute approximate surface area is 186 Å². The number of amides is 1. The van der Waals surface area contributed by atoms with Crippen LogP contribution >= 0.6 is 0 Å². The highest BCUT2D eigenvalue weighted by Gasteiger charge is 2.30. The molecule has 0 heterocycles. The summed E-state index contributed by atoms with van der Waals surface area (Å²) in [5, 5.41) is 5.56. The lowest BCUT2D eigenvalue weighted by Gasteiger charge is -2.11. The molecule has 1 aromatic carbocycles. The molecule has 1 rings (SSSR count). The topological polar surface area (TPSA) is 41.1 Å². The van der Waals surface area contributed by atoms with Crippen molar-refractivity contribution < 1.29 is 18.0 Å². The maximum Gasteiger partial charge on any atom is 0.416 e. The van der Waals surface area contributed by atoms with Crippen LogP contribution in [0.1, 0.15) is 102 Å². The lowest BCUT2D eigenvalue weighted by Crippen LogP contribution is -2.30. The van der Waals surface area contributed by atoms with E-state index in [2.05, 4.69) is 17.6 Å². The zero-order valence-corrected chi connectivity index (χ0v) is 19.2. The zero-order chi connectivity index (χ0) is 22.8. The number of unbranched alkanes of at least 4 members (excludes halogenated alkanes) is 13. The Bertz CT molecular complexity index is 590. The molecule has 0 aliphatic rings. The highest BCUT2D eigenvalue weighted by Crippen LogP contribution is 2.30. The summed E-state index contributed by atoms with van der Waals surface area (Å²) in [6.45, 7) is 2.84. The Morgan fingerprint density at radius 2 is 1.32 bits per heavy atom. The molecule has 0 aromatic heterocycles. The molecule has 0 unspecified atom stereocenters. The number of alkyl halides is 3. The fourth-order valence-corrected chi connectivity index (χ4v) is 3.60. The highest BCUT2D eigenvalue weighted by molar-refractivity contribution is 5.80. The van der Waals surface area contributed by atoms with Gasteiger partial charge in [0.05, 0.1) is 12.1 Å². The fraction of sp³-hybridized carbons (Fsp3) is 0.720. The van der Waals surface area contributed by atoms with E-state index in [0.717, 1.165) is 25.0 Å². The maximum atomic E-state index is 12.7. The van der Waals surface area contributed by atoms with Gasteiger partial charge in [-0.25, -0.2) is 0 Å². The average molecular weight is 443 g/mol. The molecule has 6 heteroatoms. The second kappa shape index (κ2) is 16.9. The molecule has 178 valence electrons. The Morgan fingerprint density at radius 1 is 0.806 bits per heavy atom. The van der Waals surface area contributed by atoms with Gasteiger partial charge in [-0.3, -0.25) is 4.79 Å². The zero-order valence-electron chi connectivity index (χ0n) is 19.2. The molecule has 0 spiro atoms. The number of hydrogen-bond acceptors (Lipinski definition) is 2. The molecule has 0 radical (unpaired) electrons. The second-order valence-corrected chi connectivity index (χ2v) is 8.38.